The first-order chi connectivity index (χ1) is 10.2. The molecule has 0 aliphatic heterocycles. The second kappa shape index (κ2) is 6.27. The SMILES string of the molecule is C#CCOc1ccc2ccccc2c1/C=C(/C#N)C(N)=O. The van der Waals surface area contributed by atoms with E-state index < -0.39 is 5.91 Å². The van der Waals surface area contributed by atoms with Crippen molar-refractivity contribution < 1.29 is 9.53 Å². The fourth-order valence-electron chi connectivity index (χ4n) is 1.97. The number of rotatable bonds is 4. The van der Waals surface area contributed by atoms with Crippen molar-refractivity contribution in [2.45, 2.75) is 0 Å². The summed E-state index contributed by atoms with van der Waals surface area (Å²) in [5, 5.41) is 10.8. The topological polar surface area (TPSA) is 76.1 Å². The lowest BCUT2D eigenvalue weighted by molar-refractivity contribution is -0.114. The highest BCUT2D eigenvalue weighted by molar-refractivity contribution is 6.04. The Bertz CT molecular complexity index is 808. The van der Waals surface area contributed by atoms with Crippen LogP contribution in [0.1, 0.15) is 5.56 Å². The van der Waals surface area contributed by atoms with Crippen molar-refractivity contribution in [2.24, 2.45) is 5.73 Å². The van der Waals surface area contributed by atoms with Crippen LogP contribution in [0.25, 0.3) is 16.8 Å². The van der Waals surface area contributed by atoms with Crippen LogP contribution in [0.5, 0.6) is 5.75 Å². The second-order valence-electron chi connectivity index (χ2n) is 4.23. The number of terminal acetylenes is 1. The molecule has 21 heavy (non-hydrogen) atoms. The minimum absolute atomic E-state index is 0.0949. The minimum atomic E-state index is -0.784. The molecule has 0 aliphatic carbocycles. The molecule has 0 radical (unpaired) electrons. The summed E-state index contributed by atoms with van der Waals surface area (Å²) in [4.78, 5) is 11.3. The molecular formula is C17H12N2O2. The third-order valence-corrected chi connectivity index (χ3v) is 2.92. The second-order valence-corrected chi connectivity index (χ2v) is 4.23. The summed E-state index contributed by atoms with van der Waals surface area (Å²) < 4.78 is 5.48. The molecule has 102 valence electrons. The molecular weight excluding hydrogens is 264 g/mol. The summed E-state index contributed by atoms with van der Waals surface area (Å²) in [5.74, 6) is 2.10. The number of ether oxygens (including phenoxy) is 1. The molecule has 0 saturated heterocycles. The zero-order valence-electron chi connectivity index (χ0n) is 11.2. The summed E-state index contributed by atoms with van der Waals surface area (Å²) >= 11 is 0. The zero-order valence-corrected chi connectivity index (χ0v) is 11.2. The van der Waals surface area contributed by atoms with E-state index in [2.05, 4.69) is 5.92 Å². The number of primary amides is 1. The van der Waals surface area contributed by atoms with Gasteiger partial charge >= 0.3 is 0 Å². The van der Waals surface area contributed by atoms with Crippen molar-refractivity contribution in [3.8, 4) is 24.2 Å². The van der Waals surface area contributed by atoms with E-state index in [1.165, 1.54) is 6.08 Å². The molecule has 0 fully saturated rings. The van der Waals surface area contributed by atoms with E-state index in [0.29, 0.717) is 11.3 Å². The quantitative estimate of drug-likeness (QED) is 0.528. The molecule has 2 aromatic rings. The Morgan fingerprint density at radius 1 is 1.33 bits per heavy atom. The number of nitrogens with two attached hydrogens (primary N) is 1. The maximum atomic E-state index is 11.3. The van der Waals surface area contributed by atoms with E-state index in [1.807, 2.05) is 30.3 Å². The Labute approximate surface area is 122 Å². The highest BCUT2D eigenvalue weighted by Gasteiger charge is 2.10. The largest absolute Gasteiger partial charge is 0.480 e. The van der Waals surface area contributed by atoms with Gasteiger partial charge in [-0.05, 0) is 22.9 Å². The number of benzene rings is 2. The third-order valence-electron chi connectivity index (χ3n) is 2.92. The number of carbonyl (C=O) groups is 1. The predicted molar refractivity (Wildman–Crippen MR) is 81.1 cm³/mol. The summed E-state index contributed by atoms with van der Waals surface area (Å²) in [7, 11) is 0. The van der Waals surface area contributed by atoms with Crippen molar-refractivity contribution in [2.75, 3.05) is 6.61 Å². The van der Waals surface area contributed by atoms with Gasteiger partial charge in [-0.1, -0.05) is 36.3 Å². The van der Waals surface area contributed by atoms with Crippen LogP contribution in [0.4, 0.5) is 0 Å². The van der Waals surface area contributed by atoms with Gasteiger partial charge in [0, 0.05) is 5.56 Å². The van der Waals surface area contributed by atoms with Crippen LogP contribution < -0.4 is 10.5 Å². The molecule has 0 aliphatic rings. The molecule has 4 nitrogen and oxygen atoms in total. The number of nitriles is 1. The molecule has 0 aromatic heterocycles. The molecule has 0 unspecified atom stereocenters. The first-order valence-corrected chi connectivity index (χ1v) is 6.17. The van der Waals surface area contributed by atoms with Crippen molar-refractivity contribution in [3.63, 3.8) is 0 Å². The standard InChI is InChI=1S/C17H12N2O2/c1-2-9-21-16-8-7-12-5-3-4-6-14(12)15(16)10-13(11-18)17(19)20/h1,3-8,10H,9H2,(H2,19,20)/b13-10-. The Morgan fingerprint density at radius 2 is 2.10 bits per heavy atom. The first-order valence-electron chi connectivity index (χ1n) is 6.17. The van der Waals surface area contributed by atoms with E-state index in [0.717, 1.165) is 10.8 Å². The normalized spacial score (nSPS) is 10.7. The van der Waals surface area contributed by atoms with Crippen molar-refractivity contribution in [3.05, 3.63) is 47.5 Å². The number of carbonyl (C=O) groups excluding carboxylic acids is 1. The van der Waals surface area contributed by atoms with Gasteiger partial charge in [0.2, 0.25) is 0 Å². The molecule has 2 N–H and O–H groups in total. The number of amides is 1. The van der Waals surface area contributed by atoms with Gasteiger partial charge in [-0.3, -0.25) is 4.79 Å². The summed E-state index contributed by atoms with van der Waals surface area (Å²) in [6.45, 7) is 0.0949. The molecule has 0 spiro atoms. The van der Waals surface area contributed by atoms with E-state index >= 15 is 0 Å². The van der Waals surface area contributed by atoms with Crippen LogP contribution in [0.15, 0.2) is 42.0 Å². The lowest BCUT2D eigenvalue weighted by atomic mass is 10.0. The smallest absolute Gasteiger partial charge is 0.259 e. The molecule has 4 heteroatoms. The fourth-order valence-corrected chi connectivity index (χ4v) is 1.97. The van der Waals surface area contributed by atoms with Gasteiger partial charge in [-0.15, -0.1) is 6.42 Å². The molecule has 0 heterocycles. The summed E-state index contributed by atoms with van der Waals surface area (Å²) in [6, 6.07) is 13.0. The Morgan fingerprint density at radius 3 is 2.76 bits per heavy atom. The maximum absolute atomic E-state index is 11.3. The third kappa shape index (κ3) is 3.02. The van der Waals surface area contributed by atoms with Crippen LogP contribution in [0, 0.1) is 23.7 Å². The predicted octanol–water partition coefficient (Wildman–Crippen LogP) is 2.24. The van der Waals surface area contributed by atoms with Gasteiger partial charge in [0.05, 0.1) is 0 Å². The zero-order chi connectivity index (χ0) is 15.2. The Hall–Kier alpha value is -3.24. The van der Waals surface area contributed by atoms with Crippen LogP contribution in [0.3, 0.4) is 0 Å². The van der Waals surface area contributed by atoms with Gasteiger partial charge in [0.1, 0.15) is 24.0 Å². The Kier molecular flexibility index (Phi) is 4.23. The van der Waals surface area contributed by atoms with Gasteiger partial charge in [-0.25, -0.2) is 0 Å². The molecule has 0 saturated carbocycles. The maximum Gasteiger partial charge on any atom is 0.259 e. The van der Waals surface area contributed by atoms with Gasteiger partial charge < -0.3 is 10.5 Å². The van der Waals surface area contributed by atoms with Crippen molar-refractivity contribution in [1.82, 2.24) is 0 Å². The fraction of sp³-hybridized carbons (Fsp3) is 0.0588. The lowest BCUT2D eigenvalue weighted by Gasteiger charge is -2.10. The molecule has 0 atom stereocenters. The van der Waals surface area contributed by atoms with Gasteiger partial charge in [-0.2, -0.15) is 5.26 Å². The van der Waals surface area contributed by atoms with Crippen LogP contribution in [-0.2, 0) is 4.79 Å². The molecule has 2 aromatic carbocycles. The average molecular weight is 276 g/mol. The number of hydrogen-bond acceptors (Lipinski definition) is 3. The van der Waals surface area contributed by atoms with E-state index in [9.17, 15) is 4.79 Å². The summed E-state index contributed by atoms with van der Waals surface area (Å²) in [6.07, 6.45) is 6.62. The van der Waals surface area contributed by atoms with E-state index in [4.69, 9.17) is 22.2 Å². The summed E-state index contributed by atoms with van der Waals surface area (Å²) in [5.41, 5.74) is 5.65. The monoisotopic (exact) mass is 276 g/mol. The van der Waals surface area contributed by atoms with Crippen LogP contribution >= 0.6 is 0 Å². The van der Waals surface area contributed by atoms with Crippen molar-refractivity contribution >= 4 is 22.8 Å². The molecule has 1 amide bonds. The average Bonchev–Trinajstić information content (AvgIpc) is 2.50. The Balaban J connectivity index is 2.70. The van der Waals surface area contributed by atoms with E-state index in [-0.39, 0.29) is 12.2 Å². The van der Waals surface area contributed by atoms with Gasteiger partial charge in [0.15, 0.2) is 0 Å². The van der Waals surface area contributed by atoms with E-state index in [1.54, 1.807) is 12.1 Å². The first kappa shape index (κ1) is 14.2. The van der Waals surface area contributed by atoms with Crippen LogP contribution in [0.2, 0.25) is 0 Å². The van der Waals surface area contributed by atoms with Gasteiger partial charge in [0.25, 0.3) is 5.91 Å². The van der Waals surface area contributed by atoms with Crippen molar-refractivity contribution in [1.29, 1.82) is 5.26 Å². The number of nitrogens with zero attached hydrogens (tertiary/aromatic N) is 1. The minimum Gasteiger partial charge on any atom is -0.480 e. The highest BCUT2D eigenvalue weighted by atomic mass is 16.5. The molecule has 2 rings (SSSR count). The lowest BCUT2D eigenvalue weighted by Crippen LogP contribution is -2.12. The van der Waals surface area contributed by atoms with Crippen LogP contribution in [-0.4, -0.2) is 12.5 Å². The number of hydrogen-bond donors (Lipinski definition) is 1. The molecule has 0 bridgehead atoms. The number of fused-ring (bicyclic) bond motifs is 1. The highest BCUT2D eigenvalue weighted by Crippen LogP contribution is 2.30.